The monoisotopic (exact) mass is 270 g/mol. The van der Waals surface area contributed by atoms with Crippen LogP contribution in [0.4, 0.5) is 0 Å². The molecule has 0 unspecified atom stereocenters. The molecule has 0 bridgehead atoms. The van der Waals surface area contributed by atoms with Gasteiger partial charge in [-0.2, -0.15) is 12.7 Å². The van der Waals surface area contributed by atoms with E-state index in [1.54, 1.807) is 4.13 Å². The van der Waals surface area contributed by atoms with Gasteiger partial charge in [0.25, 0.3) is 10.2 Å². The molecule has 0 spiro atoms. The van der Waals surface area contributed by atoms with Crippen molar-refractivity contribution in [2.45, 2.75) is 37.4 Å². The van der Waals surface area contributed by atoms with E-state index >= 15 is 0 Å². The molecule has 1 fully saturated rings. The Hall–Kier alpha value is -0.180. The second-order valence-corrected chi connectivity index (χ2v) is 8.28. The van der Waals surface area contributed by atoms with Crippen LogP contribution in [-0.4, -0.2) is 40.5 Å². The lowest BCUT2D eigenvalue weighted by atomic mass is 10.0. The average molecular weight is 270 g/mol. The molecule has 8 heteroatoms. The fraction of sp³-hybridized carbons (Fsp3) is 1.00. The first-order valence-corrected chi connectivity index (χ1v) is 8.19. The lowest BCUT2D eigenvalue weighted by Gasteiger charge is -2.22. The molecule has 0 atom stereocenters. The van der Waals surface area contributed by atoms with Crippen molar-refractivity contribution in [2.24, 2.45) is 0 Å². The van der Waals surface area contributed by atoms with Crippen molar-refractivity contribution >= 4 is 20.2 Å². The predicted octanol–water partition coefficient (Wildman–Crippen LogP) is 0.0449. The van der Waals surface area contributed by atoms with Gasteiger partial charge in [-0.25, -0.2) is 8.42 Å². The maximum Gasteiger partial charge on any atom is 0.292 e. The Balaban J connectivity index is 2.79. The summed E-state index contributed by atoms with van der Waals surface area (Å²) in [6, 6.07) is 0. The Morgan fingerprint density at radius 3 is 1.94 bits per heavy atom. The summed E-state index contributed by atoms with van der Waals surface area (Å²) < 4.78 is 49.1. The molecule has 0 amide bonds. The molecule has 0 aromatic heterocycles. The van der Waals surface area contributed by atoms with Crippen molar-refractivity contribution in [3.05, 3.63) is 0 Å². The van der Waals surface area contributed by atoms with E-state index in [2.05, 4.69) is 0 Å². The zero-order valence-electron chi connectivity index (χ0n) is 9.51. The van der Waals surface area contributed by atoms with E-state index in [0.29, 0.717) is 12.8 Å². The molecule has 96 valence electrons. The lowest BCUT2D eigenvalue weighted by molar-refractivity contribution is 0.477. The van der Waals surface area contributed by atoms with E-state index < -0.39 is 25.5 Å². The summed E-state index contributed by atoms with van der Waals surface area (Å²) in [5, 5.41) is -0.573. The van der Waals surface area contributed by atoms with Gasteiger partial charge in [0.1, 0.15) is 0 Å². The van der Waals surface area contributed by atoms with Gasteiger partial charge >= 0.3 is 0 Å². The molecule has 1 aliphatic carbocycles. The topological polar surface area (TPSA) is 83.6 Å². The van der Waals surface area contributed by atoms with Crippen LogP contribution in [0.5, 0.6) is 0 Å². The van der Waals surface area contributed by atoms with Crippen molar-refractivity contribution in [1.29, 1.82) is 0 Å². The Kier molecular flexibility index (Phi) is 4.33. The van der Waals surface area contributed by atoms with Gasteiger partial charge in [-0.1, -0.05) is 23.4 Å². The van der Waals surface area contributed by atoms with Crippen LogP contribution in [0.1, 0.15) is 32.1 Å². The minimum atomic E-state index is -3.91. The lowest BCUT2D eigenvalue weighted by Crippen LogP contribution is -2.44. The van der Waals surface area contributed by atoms with Gasteiger partial charge in [0.2, 0.25) is 10.0 Å². The molecule has 1 N–H and O–H groups in total. The molecule has 0 heterocycles. The fourth-order valence-electron chi connectivity index (χ4n) is 1.66. The molecule has 1 saturated carbocycles. The van der Waals surface area contributed by atoms with Gasteiger partial charge in [0, 0.05) is 14.1 Å². The summed E-state index contributed by atoms with van der Waals surface area (Å²) in [6.07, 6.45) is 3.78. The van der Waals surface area contributed by atoms with Crippen LogP contribution >= 0.6 is 0 Å². The van der Waals surface area contributed by atoms with Gasteiger partial charge in [0.15, 0.2) is 0 Å². The second kappa shape index (κ2) is 4.99. The van der Waals surface area contributed by atoms with Crippen LogP contribution in [0.25, 0.3) is 0 Å². The fourth-order valence-corrected chi connectivity index (χ4v) is 4.93. The SMILES string of the molecule is CN(C)S(=O)(=O)NS(=O)(=O)C1CCCCC1. The Morgan fingerprint density at radius 2 is 1.50 bits per heavy atom. The van der Waals surface area contributed by atoms with E-state index in [0.717, 1.165) is 23.6 Å². The summed E-state index contributed by atoms with van der Waals surface area (Å²) in [5.41, 5.74) is 0. The van der Waals surface area contributed by atoms with E-state index in [-0.39, 0.29) is 0 Å². The van der Waals surface area contributed by atoms with E-state index in [1.165, 1.54) is 14.1 Å². The van der Waals surface area contributed by atoms with E-state index in [1.807, 2.05) is 0 Å². The van der Waals surface area contributed by atoms with Gasteiger partial charge in [0.05, 0.1) is 5.25 Å². The molecule has 0 aliphatic heterocycles. The largest absolute Gasteiger partial charge is 0.292 e. The van der Waals surface area contributed by atoms with Crippen molar-refractivity contribution in [1.82, 2.24) is 8.43 Å². The molecule has 6 nitrogen and oxygen atoms in total. The zero-order chi connectivity index (χ0) is 12.4. The third-order valence-corrected chi connectivity index (χ3v) is 6.78. The molecule has 0 aromatic carbocycles. The number of hydrogen-bond donors (Lipinski definition) is 1. The Bertz CT molecular complexity index is 421. The summed E-state index contributed by atoms with van der Waals surface area (Å²) in [7, 11) is -5.09. The highest BCUT2D eigenvalue weighted by molar-refractivity contribution is 8.03. The Labute approximate surface area is 97.3 Å². The normalized spacial score (nSPS) is 20.2. The minimum Gasteiger partial charge on any atom is -0.211 e. The van der Waals surface area contributed by atoms with Gasteiger partial charge in [-0.15, -0.1) is 0 Å². The summed E-state index contributed by atoms with van der Waals surface area (Å²) >= 11 is 0. The van der Waals surface area contributed by atoms with Crippen molar-refractivity contribution < 1.29 is 16.8 Å². The minimum absolute atomic E-state index is 0.540. The third kappa shape index (κ3) is 3.41. The van der Waals surface area contributed by atoms with E-state index in [4.69, 9.17) is 0 Å². The van der Waals surface area contributed by atoms with Crippen molar-refractivity contribution in [3.8, 4) is 0 Å². The molecule has 16 heavy (non-hydrogen) atoms. The standard InChI is InChI=1S/C8H18N2O4S2/c1-10(2)16(13,14)9-15(11,12)8-6-4-3-5-7-8/h8-9H,3-7H2,1-2H3. The van der Waals surface area contributed by atoms with E-state index in [9.17, 15) is 16.8 Å². The number of sulfonamides is 1. The summed E-state index contributed by atoms with van der Waals surface area (Å²) in [4.78, 5) is 0. The number of rotatable bonds is 4. The Morgan fingerprint density at radius 1 is 1.00 bits per heavy atom. The summed E-state index contributed by atoms with van der Waals surface area (Å²) in [6.45, 7) is 0. The number of hydrogen-bond acceptors (Lipinski definition) is 4. The second-order valence-electron chi connectivity index (χ2n) is 4.18. The van der Waals surface area contributed by atoms with Gasteiger partial charge in [-0.05, 0) is 12.8 Å². The zero-order valence-corrected chi connectivity index (χ0v) is 11.1. The highest BCUT2D eigenvalue weighted by atomic mass is 32.3. The molecule has 1 aliphatic rings. The van der Waals surface area contributed by atoms with Crippen LogP contribution in [0.15, 0.2) is 0 Å². The van der Waals surface area contributed by atoms with Crippen LogP contribution < -0.4 is 4.13 Å². The molecule has 0 radical (unpaired) electrons. The van der Waals surface area contributed by atoms with Crippen LogP contribution in [-0.2, 0) is 20.2 Å². The highest BCUT2D eigenvalue weighted by Gasteiger charge is 2.31. The van der Waals surface area contributed by atoms with Gasteiger partial charge < -0.3 is 0 Å². The first kappa shape index (κ1) is 13.9. The maximum absolute atomic E-state index is 11.8. The molecule has 0 saturated heterocycles. The number of nitrogens with zero attached hydrogens (tertiary/aromatic N) is 1. The first-order valence-electron chi connectivity index (χ1n) is 5.20. The van der Waals surface area contributed by atoms with Crippen molar-refractivity contribution in [2.75, 3.05) is 14.1 Å². The van der Waals surface area contributed by atoms with Crippen LogP contribution in [0.2, 0.25) is 0 Å². The van der Waals surface area contributed by atoms with Crippen LogP contribution in [0, 0.1) is 0 Å². The summed E-state index contributed by atoms with van der Waals surface area (Å²) in [5.74, 6) is 0. The van der Waals surface area contributed by atoms with Gasteiger partial charge in [-0.3, -0.25) is 0 Å². The predicted molar refractivity (Wildman–Crippen MR) is 61.5 cm³/mol. The average Bonchev–Trinajstić information content (AvgIpc) is 2.17. The molecular weight excluding hydrogens is 252 g/mol. The van der Waals surface area contributed by atoms with Crippen LogP contribution in [0.3, 0.4) is 0 Å². The molecule has 1 rings (SSSR count). The smallest absolute Gasteiger partial charge is 0.211 e. The quantitative estimate of drug-likeness (QED) is 0.782. The third-order valence-electron chi connectivity index (χ3n) is 2.69. The maximum atomic E-state index is 11.8. The van der Waals surface area contributed by atoms with Crippen molar-refractivity contribution in [3.63, 3.8) is 0 Å². The molecule has 0 aromatic rings. The highest BCUT2D eigenvalue weighted by Crippen LogP contribution is 2.23. The first-order chi connectivity index (χ1) is 7.26. The molecular formula is C8H18N2O4S2. The number of nitrogens with one attached hydrogen (secondary N) is 1.